The van der Waals surface area contributed by atoms with Crippen LogP contribution in [-0.4, -0.2) is 77.6 Å². The van der Waals surface area contributed by atoms with Crippen LogP contribution in [0.15, 0.2) is 24.3 Å². The van der Waals surface area contributed by atoms with Crippen molar-refractivity contribution >= 4 is 5.91 Å². The number of hydrogen-bond acceptors (Lipinski definition) is 4. The zero-order valence-electron chi connectivity index (χ0n) is 15.4. The third-order valence-corrected chi connectivity index (χ3v) is 5.51. The molecule has 5 heteroatoms. The molecule has 2 fully saturated rings. The molecule has 0 spiro atoms. The SMILES string of the molecule is Cc1cccc(CN2CCN(C(=O)CN3CCCCC3CO)CC2)c1. The monoisotopic (exact) mass is 345 g/mol. The van der Waals surface area contributed by atoms with Crippen LogP contribution in [-0.2, 0) is 11.3 Å². The molecule has 2 aliphatic rings. The van der Waals surface area contributed by atoms with Crippen molar-refractivity contribution in [3.63, 3.8) is 0 Å². The first kappa shape index (κ1) is 18.4. The summed E-state index contributed by atoms with van der Waals surface area (Å²) in [4.78, 5) is 19.2. The van der Waals surface area contributed by atoms with Crippen LogP contribution in [0.4, 0.5) is 0 Å². The number of carbonyl (C=O) groups excluding carboxylic acids is 1. The number of rotatable bonds is 5. The highest BCUT2D eigenvalue weighted by Crippen LogP contribution is 2.17. The summed E-state index contributed by atoms with van der Waals surface area (Å²) in [6.07, 6.45) is 3.30. The molecule has 2 saturated heterocycles. The molecule has 3 rings (SSSR count). The third-order valence-electron chi connectivity index (χ3n) is 5.51. The maximum absolute atomic E-state index is 12.6. The van der Waals surface area contributed by atoms with Crippen LogP contribution in [0.1, 0.15) is 30.4 Å². The minimum absolute atomic E-state index is 0.164. The first-order valence-corrected chi connectivity index (χ1v) is 9.56. The van der Waals surface area contributed by atoms with E-state index < -0.39 is 0 Å². The zero-order chi connectivity index (χ0) is 17.6. The van der Waals surface area contributed by atoms with Gasteiger partial charge in [0.1, 0.15) is 0 Å². The highest BCUT2D eigenvalue weighted by atomic mass is 16.3. The molecular formula is C20H31N3O2. The Morgan fingerprint density at radius 3 is 2.68 bits per heavy atom. The maximum Gasteiger partial charge on any atom is 0.236 e. The van der Waals surface area contributed by atoms with E-state index in [0.717, 1.165) is 58.5 Å². The van der Waals surface area contributed by atoms with E-state index in [9.17, 15) is 9.90 Å². The molecule has 25 heavy (non-hydrogen) atoms. The lowest BCUT2D eigenvalue weighted by atomic mass is 10.0. The number of nitrogens with zero attached hydrogens (tertiary/aromatic N) is 3. The van der Waals surface area contributed by atoms with Gasteiger partial charge in [0.2, 0.25) is 5.91 Å². The normalized spacial score (nSPS) is 23.0. The summed E-state index contributed by atoms with van der Waals surface area (Å²) in [7, 11) is 0. The van der Waals surface area contributed by atoms with Gasteiger partial charge in [0.25, 0.3) is 0 Å². The number of hydrogen-bond donors (Lipinski definition) is 1. The Hall–Kier alpha value is -1.43. The molecule has 1 aromatic carbocycles. The Kier molecular flexibility index (Phi) is 6.45. The first-order valence-electron chi connectivity index (χ1n) is 9.56. The average Bonchev–Trinajstić information content (AvgIpc) is 2.63. The van der Waals surface area contributed by atoms with Gasteiger partial charge in [-0.1, -0.05) is 36.2 Å². The van der Waals surface area contributed by atoms with Crippen molar-refractivity contribution in [3.8, 4) is 0 Å². The summed E-state index contributed by atoms with van der Waals surface area (Å²) in [5.41, 5.74) is 2.64. The largest absolute Gasteiger partial charge is 0.395 e. The van der Waals surface area contributed by atoms with Crippen molar-refractivity contribution < 1.29 is 9.90 Å². The van der Waals surface area contributed by atoms with Crippen LogP contribution in [0.25, 0.3) is 0 Å². The van der Waals surface area contributed by atoms with E-state index in [1.807, 2.05) is 4.90 Å². The molecule has 1 N–H and O–H groups in total. The Morgan fingerprint density at radius 2 is 1.96 bits per heavy atom. The van der Waals surface area contributed by atoms with Crippen molar-refractivity contribution in [2.24, 2.45) is 0 Å². The van der Waals surface area contributed by atoms with E-state index in [1.54, 1.807) is 0 Å². The summed E-state index contributed by atoms with van der Waals surface area (Å²) in [6, 6.07) is 8.82. The van der Waals surface area contributed by atoms with E-state index in [1.165, 1.54) is 11.1 Å². The lowest BCUT2D eigenvalue weighted by Crippen LogP contribution is -2.53. The molecule has 5 nitrogen and oxygen atoms in total. The maximum atomic E-state index is 12.6. The molecular weight excluding hydrogens is 314 g/mol. The second kappa shape index (κ2) is 8.79. The van der Waals surface area contributed by atoms with Crippen molar-refractivity contribution in [1.82, 2.24) is 14.7 Å². The van der Waals surface area contributed by atoms with Crippen LogP contribution in [0, 0.1) is 6.92 Å². The van der Waals surface area contributed by atoms with E-state index >= 15 is 0 Å². The van der Waals surface area contributed by atoms with Crippen molar-refractivity contribution in [2.75, 3.05) is 45.9 Å². The third kappa shape index (κ3) is 5.03. The van der Waals surface area contributed by atoms with Gasteiger partial charge >= 0.3 is 0 Å². The fraction of sp³-hybridized carbons (Fsp3) is 0.650. The number of aliphatic hydroxyl groups excluding tert-OH is 1. The van der Waals surface area contributed by atoms with E-state index in [2.05, 4.69) is 41.0 Å². The second-order valence-corrected chi connectivity index (χ2v) is 7.45. The van der Waals surface area contributed by atoms with Gasteiger partial charge in [0.05, 0.1) is 13.2 Å². The summed E-state index contributed by atoms with van der Waals surface area (Å²) < 4.78 is 0. The number of piperazine rings is 1. The zero-order valence-corrected chi connectivity index (χ0v) is 15.4. The number of carbonyl (C=O) groups is 1. The summed E-state index contributed by atoms with van der Waals surface area (Å²) in [5.74, 6) is 0.218. The van der Waals surface area contributed by atoms with Gasteiger partial charge in [-0.05, 0) is 31.9 Å². The minimum Gasteiger partial charge on any atom is -0.395 e. The lowest BCUT2D eigenvalue weighted by molar-refractivity contribution is -0.135. The fourth-order valence-electron chi connectivity index (χ4n) is 3.97. The molecule has 138 valence electrons. The Labute approximate surface area is 151 Å². The topological polar surface area (TPSA) is 47.0 Å². The number of aryl methyl sites for hydroxylation is 1. The predicted octanol–water partition coefficient (Wildman–Crippen LogP) is 1.49. The van der Waals surface area contributed by atoms with Crippen LogP contribution in [0.3, 0.4) is 0 Å². The molecule has 1 aromatic rings. The van der Waals surface area contributed by atoms with Gasteiger partial charge < -0.3 is 10.0 Å². The van der Waals surface area contributed by atoms with Crippen molar-refractivity contribution in [1.29, 1.82) is 0 Å². The van der Waals surface area contributed by atoms with E-state index in [0.29, 0.717) is 6.54 Å². The Bertz CT molecular complexity index is 570. The molecule has 0 radical (unpaired) electrons. The number of benzene rings is 1. The molecule has 1 unspecified atom stereocenters. The van der Waals surface area contributed by atoms with E-state index in [4.69, 9.17) is 0 Å². The van der Waals surface area contributed by atoms with Gasteiger partial charge in [0, 0.05) is 38.8 Å². The lowest BCUT2D eigenvalue weighted by Gasteiger charge is -2.38. The molecule has 0 aromatic heterocycles. The smallest absolute Gasteiger partial charge is 0.236 e. The number of piperidine rings is 1. The van der Waals surface area contributed by atoms with Crippen molar-refractivity contribution in [2.45, 2.75) is 38.8 Å². The van der Waals surface area contributed by atoms with Crippen LogP contribution < -0.4 is 0 Å². The van der Waals surface area contributed by atoms with Crippen LogP contribution >= 0.6 is 0 Å². The number of amides is 1. The first-order chi connectivity index (χ1) is 12.2. The van der Waals surface area contributed by atoms with Crippen molar-refractivity contribution in [3.05, 3.63) is 35.4 Å². The van der Waals surface area contributed by atoms with Gasteiger partial charge in [-0.3, -0.25) is 14.6 Å². The summed E-state index contributed by atoms with van der Waals surface area (Å²) >= 11 is 0. The quantitative estimate of drug-likeness (QED) is 0.878. The molecule has 1 amide bonds. The highest BCUT2D eigenvalue weighted by Gasteiger charge is 2.27. The van der Waals surface area contributed by atoms with Gasteiger partial charge in [-0.25, -0.2) is 0 Å². The summed E-state index contributed by atoms with van der Waals surface area (Å²) in [5, 5.41) is 9.51. The summed E-state index contributed by atoms with van der Waals surface area (Å²) in [6.45, 7) is 8.13. The molecule has 0 aliphatic carbocycles. The number of aliphatic hydroxyl groups is 1. The molecule has 0 bridgehead atoms. The standard InChI is InChI=1S/C20H31N3O2/c1-17-5-4-6-18(13-17)14-21-9-11-22(12-10-21)20(25)15-23-8-3-2-7-19(23)16-24/h4-6,13,19,24H,2-3,7-12,14-16H2,1H3. The van der Waals surface area contributed by atoms with Gasteiger partial charge in [0.15, 0.2) is 0 Å². The molecule has 2 aliphatic heterocycles. The van der Waals surface area contributed by atoms with Gasteiger partial charge in [-0.2, -0.15) is 0 Å². The fourth-order valence-corrected chi connectivity index (χ4v) is 3.97. The molecule has 1 atom stereocenters. The van der Waals surface area contributed by atoms with E-state index in [-0.39, 0.29) is 18.6 Å². The molecule has 0 saturated carbocycles. The molecule has 2 heterocycles. The Balaban J connectivity index is 1.46. The Morgan fingerprint density at radius 1 is 1.16 bits per heavy atom. The minimum atomic E-state index is 0.164. The number of likely N-dealkylation sites (tertiary alicyclic amines) is 1. The average molecular weight is 345 g/mol. The van der Waals surface area contributed by atoms with Gasteiger partial charge in [-0.15, -0.1) is 0 Å². The predicted molar refractivity (Wildman–Crippen MR) is 99.3 cm³/mol. The second-order valence-electron chi connectivity index (χ2n) is 7.45. The van der Waals surface area contributed by atoms with Crippen LogP contribution in [0.5, 0.6) is 0 Å². The highest BCUT2D eigenvalue weighted by molar-refractivity contribution is 5.78. The van der Waals surface area contributed by atoms with Crippen LogP contribution in [0.2, 0.25) is 0 Å².